The van der Waals surface area contributed by atoms with Crippen LogP contribution in [0.5, 0.6) is 0 Å². The summed E-state index contributed by atoms with van der Waals surface area (Å²) in [6.45, 7) is 3.47. The second-order valence-corrected chi connectivity index (χ2v) is 8.14. The highest BCUT2D eigenvalue weighted by Gasteiger charge is 2.33. The van der Waals surface area contributed by atoms with Crippen molar-refractivity contribution in [2.24, 2.45) is 0 Å². The van der Waals surface area contributed by atoms with E-state index < -0.39 is 9.84 Å². The molecule has 0 radical (unpaired) electrons. The third-order valence-corrected chi connectivity index (χ3v) is 5.96. The first-order valence-electron chi connectivity index (χ1n) is 7.20. The molecule has 5 nitrogen and oxygen atoms in total. The van der Waals surface area contributed by atoms with Gasteiger partial charge in [0, 0.05) is 31.9 Å². The SMILES string of the molecule is CNCC1CN(C2CCCC(S(C)(=O)=O)C2)CCO1. The van der Waals surface area contributed by atoms with Gasteiger partial charge in [-0.3, -0.25) is 4.90 Å². The van der Waals surface area contributed by atoms with Crippen molar-refractivity contribution in [3.63, 3.8) is 0 Å². The van der Waals surface area contributed by atoms with E-state index in [2.05, 4.69) is 10.2 Å². The van der Waals surface area contributed by atoms with Gasteiger partial charge in [0.05, 0.1) is 18.0 Å². The van der Waals surface area contributed by atoms with Crippen LogP contribution in [0.4, 0.5) is 0 Å². The molecule has 1 aliphatic carbocycles. The molecule has 2 rings (SSSR count). The van der Waals surface area contributed by atoms with E-state index in [9.17, 15) is 8.42 Å². The van der Waals surface area contributed by atoms with Crippen LogP contribution in [0.25, 0.3) is 0 Å². The summed E-state index contributed by atoms with van der Waals surface area (Å²) in [6.07, 6.45) is 5.39. The molecule has 3 atom stereocenters. The number of likely N-dealkylation sites (N-methyl/N-ethyl adjacent to an activating group) is 1. The molecule has 6 heteroatoms. The van der Waals surface area contributed by atoms with E-state index in [0.717, 1.165) is 51.9 Å². The summed E-state index contributed by atoms with van der Waals surface area (Å²) in [5.74, 6) is 0. The highest BCUT2D eigenvalue weighted by molar-refractivity contribution is 7.91. The highest BCUT2D eigenvalue weighted by Crippen LogP contribution is 2.28. The summed E-state index contributed by atoms with van der Waals surface area (Å²) in [5.41, 5.74) is 0. The molecule has 112 valence electrons. The summed E-state index contributed by atoms with van der Waals surface area (Å²) in [5, 5.41) is 3.00. The van der Waals surface area contributed by atoms with Crippen molar-refractivity contribution >= 4 is 9.84 Å². The quantitative estimate of drug-likeness (QED) is 0.805. The molecule has 0 aromatic carbocycles. The van der Waals surface area contributed by atoms with E-state index in [1.54, 1.807) is 0 Å². The topological polar surface area (TPSA) is 58.6 Å². The van der Waals surface area contributed by atoms with Crippen LogP contribution in [0.3, 0.4) is 0 Å². The molecule has 1 heterocycles. The molecular formula is C13H26N2O3S. The fourth-order valence-corrected chi connectivity index (χ4v) is 4.43. The van der Waals surface area contributed by atoms with Gasteiger partial charge < -0.3 is 10.1 Å². The Morgan fingerprint density at radius 1 is 1.37 bits per heavy atom. The maximum absolute atomic E-state index is 11.7. The Balaban J connectivity index is 1.93. The fraction of sp³-hybridized carbons (Fsp3) is 1.00. The predicted molar refractivity (Wildman–Crippen MR) is 76.1 cm³/mol. The van der Waals surface area contributed by atoms with E-state index in [1.165, 1.54) is 6.26 Å². The van der Waals surface area contributed by atoms with E-state index >= 15 is 0 Å². The molecular weight excluding hydrogens is 264 g/mol. The van der Waals surface area contributed by atoms with Gasteiger partial charge >= 0.3 is 0 Å². The standard InChI is InChI=1S/C13H26N2O3S/c1-14-9-12-10-15(6-7-18-12)11-4-3-5-13(8-11)19(2,16)17/h11-14H,3-10H2,1-2H3. The van der Waals surface area contributed by atoms with E-state index in [-0.39, 0.29) is 11.4 Å². The smallest absolute Gasteiger partial charge is 0.150 e. The van der Waals surface area contributed by atoms with Gasteiger partial charge in [0.25, 0.3) is 0 Å². The molecule has 1 saturated carbocycles. The summed E-state index contributed by atoms with van der Waals surface area (Å²) < 4.78 is 29.2. The number of sulfone groups is 1. The van der Waals surface area contributed by atoms with Crippen molar-refractivity contribution in [3.05, 3.63) is 0 Å². The molecule has 0 aromatic heterocycles. The normalized spacial score (nSPS) is 34.3. The third kappa shape index (κ3) is 4.15. The van der Waals surface area contributed by atoms with Crippen LogP contribution >= 0.6 is 0 Å². The summed E-state index contributed by atoms with van der Waals surface area (Å²) in [7, 11) is -0.958. The summed E-state index contributed by atoms with van der Waals surface area (Å²) in [4.78, 5) is 2.43. The first kappa shape index (κ1) is 15.2. The van der Waals surface area contributed by atoms with Crippen LogP contribution < -0.4 is 5.32 Å². The molecule has 1 saturated heterocycles. The number of rotatable bonds is 4. The summed E-state index contributed by atoms with van der Waals surface area (Å²) >= 11 is 0. The zero-order valence-corrected chi connectivity index (χ0v) is 12.8. The van der Waals surface area contributed by atoms with Crippen molar-refractivity contribution in [1.82, 2.24) is 10.2 Å². The van der Waals surface area contributed by atoms with E-state index in [4.69, 9.17) is 4.74 Å². The summed E-state index contributed by atoms with van der Waals surface area (Å²) in [6, 6.07) is 0.414. The first-order chi connectivity index (χ1) is 9.00. The van der Waals surface area contributed by atoms with Gasteiger partial charge in [-0.25, -0.2) is 8.42 Å². The Morgan fingerprint density at radius 2 is 2.16 bits per heavy atom. The van der Waals surface area contributed by atoms with Crippen LogP contribution in [0.15, 0.2) is 0 Å². The number of morpholine rings is 1. The Kier molecular flexibility index (Phi) is 5.22. The number of ether oxygens (including phenoxy) is 1. The Hall–Kier alpha value is -0.170. The van der Waals surface area contributed by atoms with Gasteiger partial charge in [-0.1, -0.05) is 6.42 Å². The van der Waals surface area contributed by atoms with Crippen molar-refractivity contribution in [2.45, 2.75) is 43.1 Å². The zero-order chi connectivity index (χ0) is 13.9. The third-order valence-electron chi connectivity index (χ3n) is 4.32. The molecule has 0 bridgehead atoms. The second-order valence-electron chi connectivity index (χ2n) is 5.82. The molecule has 0 spiro atoms. The Morgan fingerprint density at radius 3 is 2.84 bits per heavy atom. The van der Waals surface area contributed by atoms with Crippen LogP contribution in [-0.2, 0) is 14.6 Å². The van der Waals surface area contributed by atoms with Gasteiger partial charge in [-0.15, -0.1) is 0 Å². The molecule has 1 aliphatic heterocycles. The number of hydrogen-bond donors (Lipinski definition) is 1. The first-order valence-corrected chi connectivity index (χ1v) is 9.15. The molecule has 2 fully saturated rings. The average Bonchev–Trinajstić information content (AvgIpc) is 2.39. The molecule has 0 amide bonds. The van der Waals surface area contributed by atoms with Crippen LogP contribution in [0.1, 0.15) is 25.7 Å². The van der Waals surface area contributed by atoms with Crippen molar-refractivity contribution in [2.75, 3.05) is 39.5 Å². The number of hydrogen-bond acceptors (Lipinski definition) is 5. The lowest BCUT2D eigenvalue weighted by atomic mass is 9.93. The maximum atomic E-state index is 11.7. The van der Waals surface area contributed by atoms with Crippen LogP contribution in [0, 0.1) is 0 Å². The van der Waals surface area contributed by atoms with E-state index in [0.29, 0.717) is 6.04 Å². The van der Waals surface area contributed by atoms with Crippen LogP contribution in [-0.4, -0.2) is 70.3 Å². The van der Waals surface area contributed by atoms with Crippen molar-refractivity contribution in [3.8, 4) is 0 Å². The number of nitrogens with one attached hydrogen (secondary N) is 1. The van der Waals surface area contributed by atoms with Gasteiger partial charge in [-0.05, 0) is 26.3 Å². The lowest BCUT2D eigenvalue weighted by Crippen LogP contribution is -2.52. The largest absolute Gasteiger partial charge is 0.374 e. The van der Waals surface area contributed by atoms with Crippen molar-refractivity contribution < 1.29 is 13.2 Å². The minimum Gasteiger partial charge on any atom is -0.374 e. The minimum absolute atomic E-state index is 0.142. The average molecular weight is 290 g/mol. The monoisotopic (exact) mass is 290 g/mol. The lowest BCUT2D eigenvalue weighted by molar-refractivity contribution is -0.0458. The minimum atomic E-state index is -2.89. The molecule has 19 heavy (non-hydrogen) atoms. The molecule has 3 unspecified atom stereocenters. The van der Waals surface area contributed by atoms with E-state index in [1.807, 2.05) is 7.05 Å². The molecule has 2 aliphatic rings. The second kappa shape index (κ2) is 6.52. The Labute approximate surface area is 116 Å². The van der Waals surface area contributed by atoms with Gasteiger partial charge in [0.15, 0.2) is 0 Å². The lowest BCUT2D eigenvalue weighted by Gasteiger charge is -2.41. The fourth-order valence-electron chi connectivity index (χ4n) is 3.27. The van der Waals surface area contributed by atoms with Gasteiger partial charge in [-0.2, -0.15) is 0 Å². The molecule has 1 N–H and O–H groups in total. The van der Waals surface area contributed by atoms with Crippen LogP contribution in [0.2, 0.25) is 0 Å². The van der Waals surface area contributed by atoms with Crippen molar-refractivity contribution in [1.29, 1.82) is 0 Å². The molecule has 0 aromatic rings. The maximum Gasteiger partial charge on any atom is 0.150 e. The number of nitrogens with zero attached hydrogens (tertiary/aromatic N) is 1. The Bertz CT molecular complexity index is 383. The van der Waals surface area contributed by atoms with Gasteiger partial charge in [0.1, 0.15) is 9.84 Å². The zero-order valence-electron chi connectivity index (χ0n) is 12.0. The highest BCUT2D eigenvalue weighted by atomic mass is 32.2. The van der Waals surface area contributed by atoms with Gasteiger partial charge in [0.2, 0.25) is 0 Å². The predicted octanol–water partition coefficient (Wildman–Crippen LogP) is 0.262.